The average molecular weight is 254 g/mol. The van der Waals surface area contributed by atoms with Gasteiger partial charge in [-0.05, 0) is 42.2 Å². The van der Waals surface area contributed by atoms with Gasteiger partial charge in [0, 0.05) is 18.0 Å². The van der Waals surface area contributed by atoms with Crippen LogP contribution in [0.2, 0.25) is 0 Å². The van der Waals surface area contributed by atoms with Crippen molar-refractivity contribution in [3.8, 4) is 5.88 Å². The molecule has 4 nitrogen and oxygen atoms in total. The number of nitrogens with one attached hydrogen (secondary N) is 1. The number of fused-ring (bicyclic) bond motifs is 1. The van der Waals surface area contributed by atoms with E-state index in [0.717, 1.165) is 24.1 Å². The average Bonchev–Trinajstić information content (AvgIpc) is 2.83. The van der Waals surface area contributed by atoms with E-state index in [1.165, 1.54) is 5.56 Å². The number of aryl methyl sites for hydroxylation is 1. The Labute approximate surface area is 111 Å². The van der Waals surface area contributed by atoms with Crippen LogP contribution in [0.25, 0.3) is 0 Å². The summed E-state index contributed by atoms with van der Waals surface area (Å²) in [4.78, 5) is 14.7. The van der Waals surface area contributed by atoms with E-state index in [1.807, 2.05) is 36.4 Å². The van der Waals surface area contributed by atoms with Crippen molar-refractivity contribution in [2.24, 2.45) is 0 Å². The van der Waals surface area contributed by atoms with Gasteiger partial charge < -0.3 is 10.1 Å². The molecule has 0 saturated carbocycles. The summed E-state index contributed by atoms with van der Waals surface area (Å²) in [5, 5.41) is 2.67. The molecule has 0 bridgehead atoms. The van der Waals surface area contributed by atoms with E-state index >= 15 is 0 Å². The van der Waals surface area contributed by atoms with Crippen LogP contribution in [0.4, 0.5) is 5.69 Å². The molecule has 1 heterocycles. The third-order valence-electron chi connectivity index (χ3n) is 3.29. The molecule has 0 spiro atoms. The van der Waals surface area contributed by atoms with Crippen molar-refractivity contribution in [1.82, 2.24) is 4.98 Å². The molecule has 1 amide bonds. The van der Waals surface area contributed by atoms with Gasteiger partial charge in [-0.15, -0.1) is 0 Å². The molecule has 2 aromatic rings. The summed E-state index contributed by atoms with van der Waals surface area (Å²) >= 11 is 0. The first-order valence-electron chi connectivity index (χ1n) is 6.27. The van der Waals surface area contributed by atoms with Gasteiger partial charge in [0.25, 0.3) is 0 Å². The maximum Gasteiger partial charge on any atom is 0.213 e. The van der Waals surface area contributed by atoms with Gasteiger partial charge in [0.05, 0.1) is 0 Å². The van der Waals surface area contributed by atoms with Gasteiger partial charge in [0.15, 0.2) is 0 Å². The molecule has 0 fully saturated rings. The highest BCUT2D eigenvalue weighted by atomic mass is 16.5. The van der Waals surface area contributed by atoms with Gasteiger partial charge in [0.2, 0.25) is 12.3 Å². The largest absolute Gasteiger partial charge is 0.469 e. The van der Waals surface area contributed by atoms with Crippen LogP contribution in [0.3, 0.4) is 0 Å². The van der Waals surface area contributed by atoms with Crippen LogP contribution in [0, 0.1) is 0 Å². The topological polar surface area (TPSA) is 51.2 Å². The second-order valence-corrected chi connectivity index (χ2v) is 4.49. The molecular formula is C15H14N2O2. The highest BCUT2D eigenvalue weighted by Crippen LogP contribution is 2.35. The number of carbonyl (C=O) groups excluding carboxylic acids is 1. The summed E-state index contributed by atoms with van der Waals surface area (Å²) < 4.78 is 5.91. The van der Waals surface area contributed by atoms with E-state index in [1.54, 1.807) is 6.20 Å². The maximum absolute atomic E-state index is 10.5. The van der Waals surface area contributed by atoms with Gasteiger partial charge in [-0.1, -0.05) is 12.1 Å². The van der Waals surface area contributed by atoms with Crippen LogP contribution in [-0.2, 0) is 11.2 Å². The lowest BCUT2D eigenvalue weighted by molar-refractivity contribution is -0.105. The lowest BCUT2D eigenvalue weighted by atomic mass is 10.1. The van der Waals surface area contributed by atoms with Crippen LogP contribution in [0.1, 0.15) is 23.7 Å². The van der Waals surface area contributed by atoms with Crippen LogP contribution in [0.15, 0.2) is 42.6 Å². The molecule has 4 heteroatoms. The van der Waals surface area contributed by atoms with Crippen LogP contribution >= 0.6 is 0 Å². The predicted octanol–water partition coefficient (Wildman–Crippen LogP) is 2.72. The smallest absolute Gasteiger partial charge is 0.213 e. The zero-order valence-corrected chi connectivity index (χ0v) is 10.4. The molecule has 1 aromatic heterocycles. The summed E-state index contributed by atoms with van der Waals surface area (Å²) in [6.07, 6.45) is 4.35. The van der Waals surface area contributed by atoms with Gasteiger partial charge in [0.1, 0.15) is 6.10 Å². The van der Waals surface area contributed by atoms with Crippen molar-refractivity contribution in [1.29, 1.82) is 0 Å². The zero-order chi connectivity index (χ0) is 13.1. The Morgan fingerprint density at radius 2 is 2.26 bits per heavy atom. The number of amides is 1. The number of ether oxygens (including phenoxy) is 1. The normalized spacial score (nSPS) is 16.7. The Kier molecular flexibility index (Phi) is 3.14. The van der Waals surface area contributed by atoms with E-state index in [0.29, 0.717) is 12.3 Å². The molecule has 0 radical (unpaired) electrons. The van der Waals surface area contributed by atoms with Gasteiger partial charge in [-0.25, -0.2) is 4.98 Å². The second kappa shape index (κ2) is 5.10. The van der Waals surface area contributed by atoms with Crippen molar-refractivity contribution in [2.75, 3.05) is 5.32 Å². The summed E-state index contributed by atoms with van der Waals surface area (Å²) in [7, 11) is 0. The Bertz CT molecular complexity index is 584. The Hall–Kier alpha value is -2.36. The molecule has 1 atom stereocenters. The minimum Gasteiger partial charge on any atom is -0.469 e. The zero-order valence-electron chi connectivity index (χ0n) is 10.4. The molecule has 0 aliphatic heterocycles. The molecule has 0 saturated heterocycles. The van der Waals surface area contributed by atoms with E-state index in [9.17, 15) is 4.79 Å². The fourth-order valence-corrected chi connectivity index (χ4v) is 2.41. The summed E-state index contributed by atoms with van der Waals surface area (Å²) in [5.74, 6) is 0.633. The molecule has 1 unspecified atom stereocenters. The molecule has 1 aliphatic rings. The molecule has 96 valence electrons. The molecule has 1 aromatic carbocycles. The molecular weight excluding hydrogens is 240 g/mol. The number of hydrogen-bond acceptors (Lipinski definition) is 3. The number of rotatable bonds is 4. The highest BCUT2D eigenvalue weighted by molar-refractivity contribution is 5.72. The minimum absolute atomic E-state index is 0.0123. The maximum atomic E-state index is 10.5. The SMILES string of the molecule is O=CNc1ccc2c(c1)C(Oc1ccccn1)CC2. The molecule has 3 rings (SSSR count). The number of anilines is 1. The predicted molar refractivity (Wildman–Crippen MR) is 72.1 cm³/mol. The first-order chi connectivity index (χ1) is 9.36. The van der Waals surface area contributed by atoms with Crippen LogP contribution in [0.5, 0.6) is 5.88 Å². The van der Waals surface area contributed by atoms with Crippen molar-refractivity contribution in [3.63, 3.8) is 0 Å². The van der Waals surface area contributed by atoms with Crippen LogP contribution in [-0.4, -0.2) is 11.4 Å². The van der Waals surface area contributed by atoms with E-state index < -0.39 is 0 Å². The van der Waals surface area contributed by atoms with E-state index in [-0.39, 0.29) is 6.10 Å². The number of carbonyl (C=O) groups is 1. The minimum atomic E-state index is 0.0123. The third kappa shape index (κ3) is 2.42. The van der Waals surface area contributed by atoms with E-state index in [4.69, 9.17) is 4.74 Å². The quantitative estimate of drug-likeness (QED) is 0.853. The molecule has 1 aliphatic carbocycles. The number of nitrogens with zero attached hydrogens (tertiary/aromatic N) is 1. The lowest BCUT2D eigenvalue weighted by Crippen LogP contribution is -2.05. The molecule has 1 N–H and O–H groups in total. The Balaban J connectivity index is 1.84. The van der Waals surface area contributed by atoms with Gasteiger partial charge in [-0.3, -0.25) is 4.79 Å². The van der Waals surface area contributed by atoms with Crippen molar-refractivity contribution >= 4 is 12.1 Å². The lowest BCUT2D eigenvalue weighted by Gasteiger charge is -2.14. The van der Waals surface area contributed by atoms with Crippen molar-refractivity contribution in [2.45, 2.75) is 18.9 Å². The summed E-state index contributed by atoms with van der Waals surface area (Å²) in [6, 6.07) is 11.6. The second-order valence-electron chi connectivity index (χ2n) is 4.49. The monoisotopic (exact) mass is 254 g/mol. The van der Waals surface area contributed by atoms with Crippen molar-refractivity contribution in [3.05, 3.63) is 53.7 Å². The first kappa shape index (κ1) is 11.7. The number of benzene rings is 1. The van der Waals surface area contributed by atoms with Gasteiger partial charge >= 0.3 is 0 Å². The molecule has 19 heavy (non-hydrogen) atoms. The highest BCUT2D eigenvalue weighted by Gasteiger charge is 2.24. The third-order valence-corrected chi connectivity index (χ3v) is 3.29. The fourth-order valence-electron chi connectivity index (χ4n) is 2.41. The van der Waals surface area contributed by atoms with E-state index in [2.05, 4.69) is 10.3 Å². The van der Waals surface area contributed by atoms with Gasteiger partial charge in [-0.2, -0.15) is 0 Å². The standard InChI is InChI=1S/C15H14N2O2/c18-10-17-12-6-4-11-5-7-14(13(11)9-12)19-15-3-1-2-8-16-15/h1-4,6,8-10,14H,5,7H2,(H,17,18). The number of aromatic nitrogens is 1. The van der Waals surface area contributed by atoms with Crippen molar-refractivity contribution < 1.29 is 9.53 Å². The Morgan fingerprint density at radius 3 is 3.05 bits per heavy atom. The summed E-state index contributed by atoms with van der Waals surface area (Å²) in [6.45, 7) is 0. The number of hydrogen-bond donors (Lipinski definition) is 1. The number of pyridine rings is 1. The summed E-state index contributed by atoms with van der Waals surface area (Å²) in [5.41, 5.74) is 3.21. The first-order valence-corrected chi connectivity index (χ1v) is 6.27. The van der Waals surface area contributed by atoms with Crippen LogP contribution < -0.4 is 10.1 Å². The fraction of sp³-hybridized carbons (Fsp3) is 0.200. The Morgan fingerprint density at radius 1 is 1.32 bits per heavy atom.